The lowest BCUT2D eigenvalue weighted by atomic mass is 10.3. The highest BCUT2D eigenvalue weighted by atomic mass is 127. The first-order valence-electron chi connectivity index (χ1n) is 5.09. The van der Waals surface area contributed by atoms with Gasteiger partial charge in [-0.2, -0.15) is 0 Å². The maximum atomic E-state index is 11.3. The van der Waals surface area contributed by atoms with E-state index < -0.39 is 9.84 Å². The van der Waals surface area contributed by atoms with E-state index in [9.17, 15) is 8.42 Å². The van der Waals surface area contributed by atoms with Gasteiger partial charge < -0.3 is 9.47 Å². The summed E-state index contributed by atoms with van der Waals surface area (Å²) in [6.07, 6.45) is 0.841. The zero-order valence-electron chi connectivity index (χ0n) is 8.82. The molecule has 6 heteroatoms. The summed E-state index contributed by atoms with van der Waals surface area (Å²) in [5, 5.41) is 0. The summed E-state index contributed by atoms with van der Waals surface area (Å²) in [5.41, 5.74) is 0. The van der Waals surface area contributed by atoms with Gasteiger partial charge in [0.05, 0.1) is 34.7 Å². The smallest absolute Gasteiger partial charge is 0.154 e. The van der Waals surface area contributed by atoms with Gasteiger partial charge in [0.25, 0.3) is 0 Å². The molecule has 2 unspecified atom stereocenters. The van der Waals surface area contributed by atoms with E-state index in [2.05, 4.69) is 22.6 Å². The number of hydrogen-bond donors (Lipinski definition) is 0. The molecule has 0 N–H and O–H groups in total. The molecule has 0 spiro atoms. The van der Waals surface area contributed by atoms with Crippen LogP contribution in [-0.4, -0.2) is 49.8 Å². The van der Waals surface area contributed by atoms with E-state index in [1.165, 1.54) is 0 Å². The SMILES string of the molecule is CCCOCCOC1CS(=O)(=O)CC1I. The van der Waals surface area contributed by atoms with Crippen molar-refractivity contribution in [3.05, 3.63) is 0 Å². The van der Waals surface area contributed by atoms with Crippen molar-refractivity contribution >= 4 is 32.4 Å². The Hall–Kier alpha value is 0.600. The number of rotatable bonds is 6. The van der Waals surface area contributed by atoms with Crippen molar-refractivity contribution in [3.8, 4) is 0 Å². The average Bonchev–Trinajstić information content (AvgIpc) is 2.39. The minimum atomic E-state index is -2.87. The Kier molecular flexibility index (Phi) is 5.80. The van der Waals surface area contributed by atoms with Crippen molar-refractivity contribution in [1.29, 1.82) is 0 Å². The highest BCUT2D eigenvalue weighted by Gasteiger charge is 2.36. The second-order valence-corrected chi connectivity index (χ2v) is 7.37. The van der Waals surface area contributed by atoms with Crippen molar-refractivity contribution in [2.75, 3.05) is 31.3 Å². The van der Waals surface area contributed by atoms with Gasteiger partial charge in [-0.15, -0.1) is 0 Å². The van der Waals surface area contributed by atoms with Crippen molar-refractivity contribution in [1.82, 2.24) is 0 Å². The van der Waals surface area contributed by atoms with Gasteiger partial charge in [-0.1, -0.05) is 29.5 Å². The van der Waals surface area contributed by atoms with Gasteiger partial charge in [0.2, 0.25) is 0 Å². The molecule has 1 aliphatic heterocycles. The van der Waals surface area contributed by atoms with Crippen molar-refractivity contribution < 1.29 is 17.9 Å². The molecule has 1 rings (SSSR count). The first-order valence-corrected chi connectivity index (χ1v) is 8.15. The maximum absolute atomic E-state index is 11.3. The summed E-state index contributed by atoms with van der Waals surface area (Å²) in [6, 6.07) is 0. The standard InChI is InChI=1S/C9H17IO4S/c1-2-3-13-4-5-14-9-7-15(11,12)6-8(9)10/h8-9H,2-7H2,1H3. The van der Waals surface area contributed by atoms with Crippen LogP contribution in [0.4, 0.5) is 0 Å². The predicted octanol–water partition coefficient (Wildman–Crippen LogP) is 1.03. The van der Waals surface area contributed by atoms with Crippen LogP contribution in [0.5, 0.6) is 0 Å². The Labute approximate surface area is 105 Å². The third-order valence-electron chi connectivity index (χ3n) is 2.14. The van der Waals surface area contributed by atoms with Gasteiger partial charge in [0.1, 0.15) is 0 Å². The number of halogens is 1. The van der Waals surface area contributed by atoms with E-state index in [0.29, 0.717) is 13.2 Å². The van der Waals surface area contributed by atoms with Crippen LogP contribution in [0.25, 0.3) is 0 Å². The third kappa shape index (κ3) is 4.97. The fourth-order valence-corrected chi connectivity index (χ4v) is 5.55. The monoisotopic (exact) mass is 348 g/mol. The molecule has 4 nitrogen and oxygen atoms in total. The molecule has 0 amide bonds. The van der Waals surface area contributed by atoms with E-state index in [1.54, 1.807) is 0 Å². The van der Waals surface area contributed by atoms with Crippen molar-refractivity contribution in [3.63, 3.8) is 0 Å². The molecule has 0 aromatic carbocycles. The Bertz CT molecular complexity index is 278. The first-order chi connectivity index (χ1) is 7.05. The molecule has 2 atom stereocenters. The Morgan fingerprint density at radius 3 is 2.53 bits per heavy atom. The average molecular weight is 348 g/mol. The molecule has 1 fully saturated rings. The van der Waals surface area contributed by atoms with Crippen LogP contribution in [0, 0.1) is 0 Å². The molecule has 0 bridgehead atoms. The molecule has 1 heterocycles. The van der Waals surface area contributed by atoms with E-state index in [-0.39, 0.29) is 21.5 Å². The summed E-state index contributed by atoms with van der Waals surface area (Å²) in [5.74, 6) is 0.405. The highest BCUT2D eigenvalue weighted by Crippen LogP contribution is 2.22. The van der Waals surface area contributed by atoms with Crippen LogP contribution in [-0.2, 0) is 19.3 Å². The van der Waals surface area contributed by atoms with Gasteiger partial charge in [-0.3, -0.25) is 0 Å². The largest absolute Gasteiger partial charge is 0.379 e. The Balaban J connectivity index is 2.17. The topological polar surface area (TPSA) is 52.6 Å². The summed E-state index contributed by atoms with van der Waals surface area (Å²) in [4.78, 5) is 0. The normalized spacial score (nSPS) is 29.5. The Morgan fingerprint density at radius 2 is 2.00 bits per heavy atom. The number of alkyl halides is 1. The maximum Gasteiger partial charge on any atom is 0.154 e. The summed E-state index contributed by atoms with van der Waals surface area (Å²) in [6.45, 7) is 3.82. The molecule has 1 saturated heterocycles. The molecular formula is C9H17IO4S. The molecule has 0 aromatic heterocycles. The lowest BCUT2D eigenvalue weighted by Gasteiger charge is -2.13. The van der Waals surface area contributed by atoms with Crippen molar-refractivity contribution in [2.45, 2.75) is 23.4 Å². The molecular weight excluding hydrogens is 331 g/mol. The zero-order valence-corrected chi connectivity index (χ0v) is 11.8. The van der Waals surface area contributed by atoms with E-state index >= 15 is 0 Å². The highest BCUT2D eigenvalue weighted by molar-refractivity contribution is 14.1. The van der Waals surface area contributed by atoms with Gasteiger partial charge >= 0.3 is 0 Å². The minimum Gasteiger partial charge on any atom is -0.379 e. The molecule has 0 aliphatic carbocycles. The van der Waals surface area contributed by atoms with Crippen LogP contribution >= 0.6 is 22.6 Å². The van der Waals surface area contributed by atoms with Gasteiger partial charge in [-0.25, -0.2) is 8.42 Å². The van der Waals surface area contributed by atoms with Crippen LogP contribution in [0.15, 0.2) is 0 Å². The van der Waals surface area contributed by atoms with E-state index in [0.717, 1.165) is 13.0 Å². The second-order valence-electron chi connectivity index (χ2n) is 3.61. The predicted molar refractivity (Wildman–Crippen MR) is 67.3 cm³/mol. The van der Waals surface area contributed by atoms with Crippen LogP contribution < -0.4 is 0 Å². The molecule has 15 heavy (non-hydrogen) atoms. The summed E-state index contributed by atoms with van der Waals surface area (Å²) >= 11 is 2.14. The number of ether oxygens (including phenoxy) is 2. The lowest BCUT2D eigenvalue weighted by Crippen LogP contribution is -2.24. The van der Waals surface area contributed by atoms with Gasteiger partial charge in [-0.05, 0) is 6.42 Å². The fraction of sp³-hybridized carbons (Fsp3) is 1.00. The summed E-state index contributed by atoms with van der Waals surface area (Å²) in [7, 11) is -2.87. The van der Waals surface area contributed by atoms with Crippen LogP contribution in [0.1, 0.15) is 13.3 Å². The van der Waals surface area contributed by atoms with Gasteiger partial charge in [0.15, 0.2) is 9.84 Å². The molecule has 0 aromatic rings. The Morgan fingerprint density at radius 1 is 1.27 bits per heavy atom. The number of hydrogen-bond acceptors (Lipinski definition) is 4. The molecule has 0 radical (unpaired) electrons. The third-order valence-corrected chi connectivity index (χ3v) is 5.69. The van der Waals surface area contributed by atoms with E-state index in [4.69, 9.17) is 9.47 Å². The van der Waals surface area contributed by atoms with Crippen molar-refractivity contribution in [2.24, 2.45) is 0 Å². The number of sulfone groups is 1. The minimum absolute atomic E-state index is 0.0822. The molecule has 0 saturated carbocycles. The quantitative estimate of drug-likeness (QED) is 0.409. The van der Waals surface area contributed by atoms with Crippen LogP contribution in [0.3, 0.4) is 0 Å². The molecule has 1 aliphatic rings. The van der Waals surface area contributed by atoms with E-state index in [1.807, 2.05) is 6.92 Å². The summed E-state index contributed by atoms with van der Waals surface area (Å²) < 4.78 is 33.4. The second kappa shape index (κ2) is 6.36. The van der Waals surface area contributed by atoms with Gasteiger partial charge in [0, 0.05) is 6.61 Å². The lowest BCUT2D eigenvalue weighted by molar-refractivity contribution is 0.0189. The van der Waals surface area contributed by atoms with Crippen LogP contribution in [0.2, 0.25) is 0 Å². The molecule has 90 valence electrons. The first kappa shape index (κ1) is 13.7. The fourth-order valence-electron chi connectivity index (χ4n) is 1.43. The zero-order chi connectivity index (χ0) is 11.3.